The summed E-state index contributed by atoms with van der Waals surface area (Å²) in [5.41, 5.74) is 1.18. The van der Waals surface area contributed by atoms with E-state index in [0.29, 0.717) is 17.9 Å². The van der Waals surface area contributed by atoms with Crippen LogP contribution in [-0.2, 0) is 4.79 Å². The summed E-state index contributed by atoms with van der Waals surface area (Å²) in [6.07, 6.45) is 8.00. The van der Waals surface area contributed by atoms with Crippen molar-refractivity contribution in [2.24, 2.45) is 16.8 Å². The topological polar surface area (TPSA) is 80.2 Å². The minimum Gasteiger partial charge on any atom is -0.387 e. The summed E-state index contributed by atoms with van der Waals surface area (Å²) in [7, 11) is 2.14. The molecule has 7 nitrogen and oxygen atoms in total. The zero-order valence-electron chi connectivity index (χ0n) is 13.3. The van der Waals surface area contributed by atoms with E-state index in [1.165, 1.54) is 5.57 Å². The molecule has 1 saturated carbocycles. The molecule has 3 heterocycles. The lowest BCUT2D eigenvalue weighted by molar-refractivity contribution is -0.133. The molecule has 1 amide bonds. The third-order valence-corrected chi connectivity index (χ3v) is 5.62. The third-order valence-electron chi connectivity index (χ3n) is 5.62. The van der Waals surface area contributed by atoms with Crippen LogP contribution in [0.4, 0.5) is 0 Å². The SMILES string of the molecule is CN(C1=C2C=CNC2N=CN1)C1C[C@@H]2CN(C(=O)CO)C[C@@H]2C1. The molecule has 1 aliphatic carbocycles. The Labute approximate surface area is 135 Å². The summed E-state index contributed by atoms with van der Waals surface area (Å²) in [6.45, 7) is 1.21. The van der Waals surface area contributed by atoms with Crippen LogP contribution in [0.15, 0.2) is 28.7 Å². The van der Waals surface area contributed by atoms with E-state index < -0.39 is 0 Å². The Morgan fingerprint density at radius 2 is 2.17 bits per heavy atom. The molecule has 0 bridgehead atoms. The van der Waals surface area contributed by atoms with E-state index in [4.69, 9.17) is 5.11 Å². The minimum atomic E-state index is -0.372. The van der Waals surface area contributed by atoms with E-state index in [9.17, 15) is 4.79 Å². The minimum absolute atomic E-state index is 0.0345. The number of nitrogens with one attached hydrogen (secondary N) is 2. The summed E-state index contributed by atoms with van der Waals surface area (Å²) in [5, 5.41) is 15.5. The molecule has 124 valence electrons. The van der Waals surface area contributed by atoms with Gasteiger partial charge in [0.05, 0.1) is 6.34 Å². The van der Waals surface area contributed by atoms with Gasteiger partial charge in [-0.15, -0.1) is 0 Å². The van der Waals surface area contributed by atoms with Crippen LogP contribution in [0.3, 0.4) is 0 Å². The first-order valence-electron chi connectivity index (χ1n) is 8.23. The van der Waals surface area contributed by atoms with Crippen molar-refractivity contribution in [3.63, 3.8) is 0 Å². The molecule has 0 radical (unpaired) electrons. The molecular formula is C16H23N5O2. The monoisotopic (exact) mass is 317 g/mol. The number of fused-ring (bicyclic) bond motifs is 2. The maximum absolute atomic E-state index is 11.7. The maximum Gasteiger partial charge on any atom is 0.248 e. The van der Waals surface area contributed by atoms with Gasteiger partial charge in [0.15, 0.2) is 0 Å². The predicted octanol–water partition coefficient (Wildman–Crippen LogP) is -0.566. The number of rotatable bonds is 3. The van der Waals surface area contributed by atoms with E-state index in [1.807, 2.05) is 11.1 Å². The van der Waals surface area contributed by atoms with Gasteiger partial charge in [-0.05, 0) is 37.0 Å². The molecule has 3 N–H and O–H groups in total. The van der Waals surface area contributed by atoms with E-state index in [-0.39, 0.29) is 18.7 Å². The Kier molecular flexibility index (Phi) is 3.52. The van der Waals surface area contributed by atoms with Crippen molar-refractivity contribution < 1.29 is 9.90 Å². The Morgan fingerprint density at radius 1 is 1.43 bits per heavy atom. The average Bonchev–Trinajstić information content (AvgIpc) is 3.26. The molecule has 0 spiro atoms. The smallest absolute Gasteiger partial charge is 0.248 e. The Balaban J connectivity index is 1.44. The number of hydrogen-bond donors (Lipinski definition) is 3. The molecule has 0 aromatic carbocycles. The molecule has 4 atom stereocenters. The van der Waals surface area contributed by atoms with Gasteiger partial charge < -0.3 is 25.5 Å². The predicted molar refractivity (Wildman–Crippen MR) is 86.1 cm³/mol. The van der Waals surface area contributed by atoms with Gasteiger partial charge >= 0.3 is 0 Å². The van der Waals surface area contributed by atoms with E-state index in [1.54, 1.807) is 6.34 Å². The second kappa shape index (κ2) is 5.56. The largest absolute Gasteiger partial charge is 0.387 e. The molecule has 2 unspecified atom stereocenters. The van der Waals surface area contributed by atoms with Crippen LogP contribution in [0, 0.1) is 11.8 Å². The molecule has 0 aromatic heterocycles. The normalized spacial score (nSPS) is 34.3. The molecule has 3 aliphatic heterocycles. The fourth-order valence-electron chi connectivity index (χ4n) is 4.37. The van der Waals surface area contributed by atoms with Crippen LogP contribution in [-0.4, -0.2) is 66.1 Å². The molecule has 23 heavy (non-hydrogen) atoms. The number of aliphatic hydroxyl groups excluding tert-OH is 1. The number of aliphatic hydroxyl groups is 1. The van der Waals surface area contributed by atoms with Gasteiger partial charge in [0.2, 0.25) is 5.91 Å². The standard InChI is InChI=1S/C16H23N5O2/c1-20(16-13-2-3-17-15(13)18-9-19-16)12-4-10-6-21(14(23)8-22)7-11(10)5-12/h2-3,9-12,15,17,22H,4-8H2,1H3,(H,18,19)/t10-,11+,12?,15?. The van der Waals surface area contributed by atoms with Crippen LogP contribution in [0.1, 0.15) is 12.8 Å². The fraction of sp³-hybridized carbons (Fsp3) is 0.625. The molecule has 4 rings (SSSR count). The van der Waals surface area contributed by atoms with Gasteiger partial charge in [-0.2, -0.15) is 0 Å². The number of likely N-dealkylation sites (tertiary alicyclic amines) is 1. The van der Waals surface area contributed by atoms with Gasteiger partial charge in [0.25, 0.3) is 0 Å². The van der Waals surface area contributed by atoms with Crippen molar-refractivity contribution in [1.82, 2.24) is 20.4 Å². The average molecular weight is 317 g/mol. The van der Waals surface area contributed by atoms with Crippen molar-refractivity contribution in [3.05, 3.63) is 23.7 Å². The highest BCUT2D eigenvalue weighted by atomic mass is 16.3. The lowest BCUT2D eigenvalue weighted by atomic mass is 10.0. The highest BCUT2D eigenvalue weighted by Gasteiger charge is 2.44. The first-order valence-corrected chi connectivity index (χ1v) is 8.23. The van der Waals surface area contributed by atoms with Crippen molar-refractivity contribution in [3.8, 4) is 0 Å². The molecule has 2 fully saturated rings. The van der Waals surface area contributed by atoms with Crippen LogP contribution < -0.4 is 10.6 Å². The van der Waals surface area contributed by atoms with Gasteiger partial charge in [0.1, 0.15) is 18.6 Å². The van der Waals surface area contributed by atoms with Gasteiger partial charge in [0, 0.05) is 31.8 Å². The van der Waals surface area contributed by atoms with Crippen LogP contribution >= 0.6 is 0 Å². The van der Waals surface area contributed by atoms with Crippen LogP contribution in [0.5, 0.6) is 0 Å². The van der Waals surface area contributed by atoms with E-state index in [0.717, 1.165) is 31.8 Å². The highest BCUT2D eigenvalue weighted by Crippen LogP contribution is 2.41. The fourth-order valence-corrected chi connectivity index (χ4v) is 4.37. The maximum atomic E-state index is 11.7. The van der Waals surface area contributed by atoms with Crippen molar-refractivity contribution in [2.45, 2.75) is 25.0 Å². The Morgan fingerprint density at radius 3 is 2.87 bits per heavy atom. The summed E-state index contributed by atoms with van der Waals surface area (Å²) < 4.78 is 0. The molecule has 7 heteroatoms. The Bertz CT molecular complexity index is 585. The summed E-state index contributed by atoms with van der Waals surface area (Å²) in [5.74, 6) is 2.09. The number of hydrogen-bond acceptors (Lipinski definition) is 6. The quantitative estimate of drug-likeness (QED) is 0.650. The Hall–Kier alpha value is -2.02. The third kappa shape index (κ3) is 2.39. The van der Waals surface area contributed by atoms with E-state index >= 15 is 0 Å². The van der Waals surface area contributed by atoms with Crippen LogP contribution in [0.25, 0.3) is 0 Å². The molecule has 4 aliphatic rings. The molecule has 1 saturated heterocycles. The first kappa shape index (κ1) is 14.6. The van der Waals surface area contributed by atoms with Crippen LogP contribution in [0.2, 0.25) is 0 Å². The summed E-state index contributed by atoms with van der Waals surface area (Å²) >= 11 is 0. The van der Waals surface area contributed by atoms with Crippen molar-refractivity contribution in [2.75, 3.05) is 26.7 Å². The number of carbonyl (C=O) groups excluding carboxylic acids is 1. The number of carbonyl (C=O) groups is 1. The first-order chi connectivity index (χ1) is 11.2. The molecule has 0 aromatic rings. The highest BCUT2D eigenvalue weighted by molar-refractivity contribution is 5.77. The number of amides is 1. The number of nitrogens with zero attached hydrogens (tertiary/aromatic N) is 3. The van der Waals surface area contributed by atoms with Gasteiger partial charge in [-0.25, -0.2) is 4.99 Å². The second-order valence-corrected chi connectivity index (χ2v) is 6.84. The second-order valence-electron chi connectivity index (χ2n) is 6.84. The van der Waals surface area contributed by atoms with Crippen molar-refractivity contribution in [1.29, 1.82) is 0 Å². The van der Waals surface area contributed by atoms with Gasteiger partial charge in [-0.1, -0.05) is 0 Å². The number of aliphatic imine (C=N–C) groups is 1. The van der Waals surface area contributed by atoms with Gasteiger partial charge in [-0.3, -0.25) is 4.79 Å². The van der Waals surface area contributed by atoms with Crippen molar-refractivity contribution >= 4 is 12.2 Å². The molecular weight excluding hydrogens is 294 g/mol. The zero-order valence-corrected chi connectivity index (χ0v) is 13.3. The zero-order chi connectivity index (χ0) is 16.0. The van der Waals surface area contributed by atoms with E-state index in [2.05, 4.69) is 33.6 Å². The summed E-state index contributed by atoms with van der Waals surface area (Å²) in [4.78, 5) is 20.2. The lowest BCUT2D eigenvalue weighted by Crippen LogP contribution is -2.41. The lowest BCUT2D eigenvalue weighted by Gasteiger charge is -2.33. The summed E-state index contributed by atoms with van der Waals surface area (Å²) in [6, 6.07) is 0.479.